The van der Waals surface area contributed by atoms with Crippen molar-refractivity contribution in [1.29, 1.82) is 0 Å². The first-order valence-corrected chi connectivity index (χ1v) is 11.7. The molecule has 2 N–H and O–H groups in total. The Bertz CT molecular complexity index is 1010. The predicted molar refractivity (Wildman–Crippen MR) is 122 cm³/mol. The first kappa shape index (κ1) is 22.0. The number of hydrogen-bond acceptors (Lipinski definition) is 4. The van der Waals surface area contributed by atoms with Crippen LogP contribution in [0.15, 0.2) is 47.5 Å². The van der Waals surface area contributed by atoms with Crippen molar-refractivity contribution in [2.75, 3.05) is 43.8 Å². The zero-order chi connectivity index (χ0) is 21.6. The minimum atomic E-state index is -3.38. The summed E-state index contributed by atoms with van der Waals surface area (Å²) in [6.07, 6.45) is 1.57. The SMILES string of the molecule is CN=C(NCCc1ccc(C)c(OC)c1)NCCS(=O)(=O)N1CCc2ccccc21. The molecular weight excluding hydrogens is 400 g/mol. The molecule has 1 aliphatic rings. The second kappa shape index (κ2) is 9.84. The van der Waals surface area contributed by atoms with Gasteiger partial charge >= 0.3 is 0 Å². The number of guanidine groups is 1. The third-order valence-electron chi connectivity index (χ3n) is 5.23. The number of aryl methyl sites for hydroxylation is 1. The van der Waals surface area contributed by atoms with E-state index in [-0.39, 0.29) is 5.75 Å². The summed E-state index contributed by atoms with van der Waals surface area (Å²) in [6, 6.07) is 13.8. The van der Waals surface area contributed by atoms with Gasteiger partial charge in [0.05, 0.1) is 18.6 Å². The van der Waals surface area contributed by atoms with Crippen LogP contribution in [0.1, 0.15) is 16.7 Å². The van der Waals surface area contributed by atoms with Crippen LogP contribution in [-0.4, -0.2) is 53.9 Å². The quantitative estimate of drug-likeness (QED) is 0.495. The van der Waals surface area contributed by atoms with Crippen molar-refractivity contribution in [3.8, 4) is 5.75 Å². The number of sulfonamides is 1. The molecule has 0 aliphatic carbocycles. The fourth-order valence-electron chi connectivity index (χ4n) is 3.57. The number of benzene rings is 2. The molecule has 0 saturated heterocycles. The number of ether oxygens (including phenoxy) is 1. The lowest BCUT2D eigenvalue weighted by atomic mass is 10.1. The van der Waals surface area contributed by atoms with Crippen LogP contribution in [-0.2, 0) is 22.9 Å². The molecule has 162 valence electrons. The van der Waals surface area contributed by atoms with Gasteiger partial charge in [0.1, 0.15) is 5.75 Å². The highest BCUT2D eigenvalue weighted by molar-refractivity contribution is 7.92. The van der Waals surface area contributed by atoms with Gasteiger partial charge in [0, 0.05) is 26.7 Å². The van der Waals surface area contributed by atoms with Crippen LogP contribution in [0.2, 0.25) is 0 Å². The fourth-order valence-corrected chi connectivity index (χ4v) is 5.00. The summed E-state index contributed by atoms with van der Waals surface area (Å²) in [5, 5.41) is 6.33. The smallest absolute Gasteiger partial charge is 0.236 e. The molecule has 1 aliphatic heterocycles. The van der Waals surface area contributed by atoms with Gasteiger partial charge in [0.15, 0.2) is 5.96 Å². The highest BCUT2D eigenvalue weighted by Crippen LogP contribution is 2.29. The normalized spacial score (nSPS) is 13.8. The lowest BCUT2D eigenvalue weighted by Gasteiger charge is -2.20. The molecule has 0 amide bonds. The van der Waals surface area contributed by atoms with Crippen molar-refractivity contribution in [3.05, 3.63) is 59.2 Å². The van der Waals surface area contributed by atoms with Crippen molar-refractivity contribution in [3.63, 3.8) is 0 Å². The van der Waals surface area contributed by atoms with Crippen LogP contribution in [0.25, 0.3) is 0 Å². The van der Waals surface area contributed by atoms with Gasteiger partial charge in [-0.3, -0.25) is 9.30 Å². The molecule has 0 saturated carbocycles. The average Bonchev–Trinajstić information content (AvgIpc) is 3.19. The van der Waals surface area contributed by atoms with Crippen LogP contribution in [0, 0.1) is 6.92 Å². The standard InChI is InChI=1S/C22H30N4O3S/c1-17-8-9-18(16-21(17)29-3)10-12-24-22(23-2)25-13-15-30(27,28)26-14-11-19-6-4-5-7-20(19)26/h4-9,16H,10-15H2,1-3H3,(H2,23,24,25). The Balaban J connectivity index is 1.47. The van der Waals surface area contributed by atoms with Gasteiger partial charge in [0.25, 0.3) is 0 Å². The van der Waals surface area contributed by atoms with Crippen LogP contribution < -0.4 is 19.7 Å². The van der Waals surface area contributed by atoms with E-state index in [1.807, 2.05) is 43.3 Å². The number of fused-ring (bicyclic) bond motifs is 1. The summed E-state index contributed by atoms with van der Waals surface area (Å²) in [5.41, 5.74) is 4.15. The highest BCUT2D eigenvalue weighted by Gasteiger charge is 2.28. The monoisotopic (exact) mass is 430 g/mol. The summed E-state index contributed by atoms with van der Waals surface area (Å²) in [5.74, 6) is 1.48. The van der Waals surface area contributed by atoms with Gasteiger partial charge in [0.2, 0.25) is 10.0 Å². The molecule has 8 heteroatoms. The highest BCUT2D eigenvalue weighted by atomic mass is 32.2. The zero-order valence-corrected chi connectivity index (χ0v) is 18.6. The van der Waals surface area contributed by atoms with Gasteiger partial charge in [-0.15, -0.1) is 0 Å². The summed E-state index contributed by atoms with van der Waals surface area (Å²) < 4.78 is 32.4. The number of para-hydroxylation sites is 1. The first-order chi connectivity index (χ1) is 14.4. The second-order valence-electron chi connectivity index (χ2n) is 7.25. The molecule has 2 aromatic carbocycles. The molecule has 2 aromatic rings. The predicted octanol–water partition coefficient (Wildman–Crippen LogP) is 2.10. The van der Waals surface area contributed by atoms with Crippen LogP contribution in [0.3, 0.4) is 0 Å². The van der Waals surface area contributed by atoms with E-state index in [1.165, 1.54) is 4.31 Å². The van der Waals surface area contributed by atoms with E-state index < -0.39 is 10.0 Å². The molecule has 0 aromatic heterocycles. The molecule has 0 bridgehead atoms. The average molecular weight is 431 g/mol. The number of anilines is 1. The molecule has 0 radical (unpaired) electrons. The van der Waals surface area contributed by atoms with Crippen molar-refractivity contribution < 1.29 is 13.2 Å². The van der Waals surface area contributed by atoms with E-state index >= 15 is 0 Å². The Kier molecular flexibility index (Phi) is 7.20. The number of nitrogens with one attached hydrogen (secondary N) is 2. The van der Waals surface area contributed by atoms with Crippen LogP contribution >= 0.6 is 0 Å². The summed E-state index contributed by atoms with van der Waals surface area (Å²) in [4.78, 5) is 4.18. The topological polar surface area (TPSA) is 83.0 Å². The first-order valence-electron chi connectivity index (χ1n) is 10.1. The van der Waals surface area contributed by atoms with Gasteiger partial charge in [-0.25, -0.2) is 8.42 Å². The Hall–Kier alpha value is -2.74. The van der Waals surface area contributed by atoms with E-state index in [9.17, 15) is 8.42 Å². The van der Waals surface area contributed by atoms with Crippen LogP contribution in [0.4, 0.5) is 5.69 Å². The molecule has 0 unspecified atom stereocenters. The number of rotatable bonds is 8. The Morgan fingerprint density at radius 2 is 1.93 bits per heavy atom. The molecule has 3 rings (SSSR count). The molecule has 1 heterocycles. The number of nitrogens with zero attached hydrogens (tertiary/aromatic N) is 2. The fraction of sp³-hybridized carbons (Fsp3) is 0.409. The number of methoxy groups -OCH3 is 1. The Labute approximate surface area is 179 Å². The molecule has 0 atom stereocenters. The van der Waals surface area contributed by atoms with E-state index in [1.54, 1.807) is 14.2 Å². The van der Waals surface area contributed by atoms with Crippen molar-refractivity contribution in [1.82, 2.24) is 10.6 Å². The molecule has 30 heavy (non-hydrogen) atoms. The Morgan fingerprint density at radius 1 is 1.17 bits per heavy atom. The van der Waals surface area contributed by atoms with Gasteiger partial charge in [-0.05, 0) is 48.6 Å². The number of hydrogen-bond donors (Lipinski definition) is 2. The largest absolute Gasteiger partial charge is 0.496 e. The maximum Gasteiger partial charge on any atom is 0.236 e. The summed E-state index contributed by atoms with van der Waals surface area (Å²) in [6.45, 7) is 3.49. The minimum absolute atomic E-state index is 0.0111. The molecule has 0 spiro atoms. The molecule has 7 nitrogen and oxygen atoms in total. The third kappa shape index (κ3) is 5.24. The van der Waals surface area contributed by atoms with E-state index in [4.69, 9.17) is 4.74 Å². The maximum absolute atomic E-state index is 12.8. The maximum atomic E-state index is 12.8. The van der Waals surface area contributed by atoms with Gasteiger partial charge < -0.3 is 15.4 Å². The van der Waals surface area contributed by atoms with Gasteiger partial charge in [-0.1, -0.05) is 30.3 Å². The molecule has 0 fully saturated rings. The lowest BCUT2D eigenvalue weighted by molar-refractivity contribution is 0.411. The summed E-state index contributed by atoms with van der Waals surface area (Å²) >= 11 is 0. The number of aliphatic imine (C=N–C) groups is 1. The molecular formula is C22H30N4O3S. The van der Waals surface area contributed by atoms with Crippen molar-refractivity contribution in [2.45, 2.75) is 19.8 Å². The second-order valence-corrected chi connectivity index (χ2v) is 9.26. The minimum Gasteiger partial charge on any atom is -0.496 e. The van der Waals surface area contributed by atoms with E-state index in [0.29, 0.717) is 25.6 Å². The third-order valence-corrected chi connectivity index (χ3v) is 7.01. The van der Waals surface area contributed by atoms with Crippen LogP contribution in [0.5, 0.6) is 5.75 Å². The van der Waals surface area contributed by atoms with Crippen molar-refractivity contribution in [2.24, 2.45) is 4.99 Å². The lowest BCUT2D eigenvalue weighted by Crippen LogP contribution is -2.42. The Morgan fingerprint density at radius 3 is 2.70 bits per heavy atom. The summed E-state index contributed by atoms with van der Waals surface area (Å²) in [7, 11) is -0.0308. The van der Waals surface area contributed by atoms with E-state index in [0.717, 1.165) is 41.0 Å². The van der Waals surface area contributed by atoms with E-state index in [2.05, 4.69) is 21.7 Å². The van der Waals surface area contributed by atoms with Crippen molar-refractivity contribution >= 4 is 21.7 Å². The van der Waals surface area contributed by atoms with Gasteiger partial charge in [-0.2, -0.15) is 0 Å². The zero-order valence-electron chi connectivity index (χ0n) is 17.8.